The number of benzene rings is 2. The first-order valence-corrected chi connectivity index (χ1v) is 7.41. The van der Waals surface area contributed by atoms with Gasteiger partial charge in [0.2, 0.25) is 0 Å². The standard InChI is InChI=1S/C15H17OSi/c1-13(2)17(15-11-7-4-8-12-15)16-14-9-5-3-6-10-14/h3-13H,1-2H3. The lowest BCUT2D eigenvalue weighted by atomic mass is 10.3. The highest BCUT2D eigenvalue weighted by Crippen LogP contribution is 2.15. The zero-order chi connectivity index (χ0) is 12.1. The molecule has 87 valence electrons. The van der Waals surface area contributed by atoms with Crippen LogP contribution in [-0.4, -0.2) is 9.04 Å². The minimum atomic E-state index is -0.992. The second-order valence-electron chi connectivity index (χ2n) is 4.30. The summed E-state index contributed by atoms with van der Waals surface area (Å²) in [5.74, 6) is 0.971. The molecule has 2 heteroatoms. The Balaban J connectivity index is 2.20. The first-order chi connectivity index (χ1) is 8.27. The molecule has 2 rings (SSSR count). The van der Waals surface area contributed by atoms with E-state index in [0.29, 0.717) is 5.54 Å². The number of para-hydroxylation sites is 1. The molecule has 0 saturated carbocycles. The van der Waals surface area contributed by atoms with Gasteiger partial charge in [-0.3, -0.25) is 0 Å². The molecule has 0 spiro atoms. The van der Waals surface area contributed by atoms with Crippen molar-refractivity contribution in [3.05, 3.63) is 60.7 Å². The van der Waals surface area contributed by atoms with Gasteiger partial charge >= 0.3 is 9.04 Å². The van der Waals surface area contributed by atoms with Crippen LogP contribution >= 0.6 is 0 Å². The molecule has 0 heterocycles. The quantitative estimate of drug-likeness (QED) is 0.746. The van der Waals surface area contributed by atoms with Crippen LogP contribution in [0.4, 0.5) is 0 Å². The number of rotatable bonds is 4. The Morgan fingerprint density at radius 3 is 1.88 bits per heavy atom. The van der Waals surface area contributed by atoms with Crippen molar-refractivity contribution < 1.29 is 4.43 Å². The molecule has 0 aliphatic rings. The molecule has 0 atom stereocenters. The Kier molecular flexibility index (Phi) is 3.99. The van der Waals surface area contributed by atoms with Crippen molar-refractivity contribution in [1.82, 2.24) is 0 Å². The molecule has 0 aromatic heterocycles. The molecule has 0 aliphatic heterocycles. The summed E-state index contributed by atoms with van der Waals surface area (Å²) in [4.78, 5) is 0. The molecule has 0 saturated heterocycles. The fourth-order valence-electron chi connectivity index (χ4n) is 1.73. The Labute approximate surface area is 105 Å². The molecule has 0 amide bonds. The Morgan fingerprint density at radius 2 is 1.35 bits per heavy atom. The summed E-state index contributed by atoms with van der Waals surface area (Å²) in [6.45, 7) is 4.45. The van der Waals surface area contributed by atoms with E-state index < -0.39 is 9.04 Å². The summed E-state index contributed by atoms with van der Waals surface area (Å²) in [5.41, 5.74) is 0.544. The maximum absolute atomic E-state index is 6.16. The maximum atomic E-state index is 6.16. The highest BCUT2D eigenvalue weighted by Gasteiger charge is 2.22. The summed E-state index contributed by atoms with van der Waals surface area (Å²) >= 11 is 0. The monoisotopic (exact) mass is 241 g/mol. The van der Waals surface area contributed by atoms with Crippen molar-refractivity contribution in [1.29, 1.82) is 0 Å². The molecular weight excluding hydrogens is 224 g/mol. The molecule has 1 radical (unpaired) electrons. The van der Waals surface area contributed by atoms with E-state index in [0.717, 1.165) is 5.75 Å². The van der Waals surface area contributed by atoms with Gasteiger partial charge in [0.1, 0.15) is 5.75 Å². The predicted molar refractivity (Wildman–Crippen MR) is 74.0 cm³/mol. The Morgan fingerprint density at radius 1 is 0.824 bits per heavy atom. The normalized spacial score (nSPS) is 10.8. The third-order valence-corrected chi connectivity index (χ3v) is 4.96. The average Bonchev–Trinajstić information content (AvgIpc) is 2.38. The second-order valence-corrected chi connectivity index (χ2v) is 6.96. The molecule has 17 heavy (non-hydrogen) atoms. The SMILES string of the molecule is CC(C)[Si](Oc1ccccc1)c1ccccc1. The summed E-state index contributed by atoms with van der Waals surface area (Å²) in [6.07, 6.45) is 0. The molecule has 2 aromatic carbocycles. The predicted octanol–water partition coefficient (Wildman–Crippen LogP) is 3.37. The van der Waals surface area contributed by atoms with E-state index in [1.54, 1.807) is 0 Å². The first kappa shape index (κ1) is 11.9. The van der Waals surface area contributed by atoms with Crippen molar-refractivity contribution in [2.75, 3.05) is 0 Å². The van der Waals surface area contributed by atoms with Crippen molar-refractivity contribution in [2.24, 2.45) is 0 Å². The summed E-state index contributed by atoms with van der Waals surface area (Å²) in [7, 11) is -0.992. The van der Waals surface area contributed by atoms with Gasteiger partial charge in [-0.05, 0) is 22.9 Å². The topological polar surface area (TPSA) is 9.23 Å². The first-order valence-electron chi connectivity index (χ1n) is 5.92. The minimum absolute atomic E-state index is 0.544. The summed E-state index contributed by atoms with van der Waals surface area (Å²) in [5, 5.41) is 1.33. The number of hydrogen-bond acceptors (Lipinski definition) is 1. The van der Waals surface area contributed by atoms with Gasteiger partial charge in [0, 0.05) is 0 Å². The zero-order valence-corrected chi connectivity index (χ0v) is 11.3. The van der Waals surface area contributed by atoms with E-state index in [-0.39, 0.29) is 0 Å². The van der Waals surface area contributed by atoms with Crippen LogP contribution in [-0.2, 0) is 0 Å². The molecule has 0 N–H and O–H groups in total. The molecule has 1 nitrogen and oxygen atoms in total. The van der Waals surface area contributed by atoms with Gasteiger partial charge < -0.3 is 4.43 Å². The fourth-order valence-corrected chi connectivity index (χ4v) is 3.66. The van der Waals surface area contributed by atoms with Crippen LogP contribution in [0.3, 0.4) is 0 Å². The van der Waals surface area contributed by atoms with E-state index in [2.05, 4.69) is 38.1 Å². The highest BCUT2D eigenvalue weighted by atomic mass is 28.3. The van der Waals surface area contributed by atoms with Crippen LogP contribution in [0.25, 0.3) is 0 Å². The smallest absolute Gasteiger partial charge is 0.319 e. The van der Waals surface area contributed by atoms with Gasteiger partial charge in [0.15, 0.2) is 0 Å². The lowest BCUT2D eigenvalue weighted by Gasteiger charge is -2.20. The molecular formula is C15H17OSi. The molecule has 0 aliphatic carbocycles. The van der Waals surface area contributed by atoms with E-state index in [9.17, 15) is 0 Å². The van der Waals surface area contributed by atoms with E-state index in [4.69, 9.17) is 4.43 Å². The van der Waals surface area contributed by atoms with Gasteiger partial charge in [-0.2, -0.15) is 0 Å². The fraction of sp³-hybridized carbons (Fsp3) is 0.200. The highest BCUT2D eigenvalue weighted by molar-refractivity contribution is 6.69. The second kappa shape index (κ2) is 5.69. The van der Waals surface area contributed by atoms with Crippen LogP contribution in [0.2, 0.25) is 5.54 Å². The van der Waals surface area contributed by atoms with Crippen LogP contribution in [0.15, 0.2) is 60.7 Å². The number of hydrogen-bond donors (Lipinski definition) is 0. The van der Waals surface area contributed by atoms with E-state index in [1.165, 1.54) is 5.19 Å². The minimum Gasteiger partial charge on any atom is -0.537 e. The zero-order valence-electron chi connectivity index (χ0n) is 10.3. The Bertz CT molecular complexity index is 439. The van der Waals surface area contributed by atoms with Gasteiger partial charge in [0.05, 0.1) is 0 Å². The largest absolute Gasteiger partial charge is 0.537 e. The van der Waals surface area contributed by atoms with E-state index >= 15 is 0 Å². The van der Waals surface area contributed by atoms with Crippen molar-refractivity contribution in [3.63, 3.8) is 0 Å². The van der Waals surface area contributed by atoms with Gasteiger partial charge in [-0.15, -0.1) is 0 Å². The van der Waals surface area contributed by atoms with Gasteiger partial charge in [-0.1, -0.05) is 62.4 Å². The summed E-state index contributed by atoms with van der Waals surface area (Å²) < 4.78 is 6.16. The Hall–Kier alpha value is -1.54. The summed E-state index contributed by atoms with van der Waals surface area (Å²) in [6, 6.07) is 20.6. The van der Waals surface area contributed by atoms with Crippen molar-refractivity contribution in [3.8, 4) is 5.75 Å². The third kappa shape index (κ3) is 3.20. The van der Waals surface area contributed by atoms with Crippen LogP contribution in [0.5, 0.6) is 5.75 Å². The van der Waals surface area contributed by atoms with Crippen LogP contribution in [0, 0.1) is 0 Å². The lowest BCUT2D eigenvalue weighted by Crippen LogP contribution is -2.39. The van der Waals surface area contributed by atoms with Crippen LogP contribution in [0.1, 0.15) is 13.8 Å². The average molecular weight is 241 g/mol. The van der Waals surface area contributed by atoms with Crippen LogP contribution < -0.4 is 9.61 Å². The van der Waals surface area contributed by atoms with Crippen molar-refractivity contribution in [2.45, 2.75) is 19.4 Å². The van der Waals surface area contributed by atoms with E-state index in [1.807, 2.05) is 36.4 Å². The van der Waals surface area contributed by atoms with Crippen molar-refractivity contribution >= 4 is 14.2 Å². The lowest BCUT2D eigenvalue weighted by molar-refractivity contribution is 0.565. The third-order valence-electron chi connectivity index (χ3n) is 2.55. The van der Waals surface area contributed by atoms with Gasteiger partial charge in [-0.25, -0.2) is 0 Å². The van der Waals surface area contributed by atoms with Gasteiger partial charge in [0.25, 0.3) is 0 Å². The molecule has 0 unspecified atom stereocenters. The maximum Gasteiger partial charge on any atom is 0.319 e. The molecule has 0 fully saturated rings. The molecule has 0 bridgehead atoms. The molecule has 2 aromatic rings.